The molecule has 0 unspecified atom stereocenters. The van der Waals surface area contributed by atoms with Crippen molar-refractivity contribution in [1.29, 1.82) is 0 Å². The third kappa shape index (κ3) is 5.13. The highest BCUT2D eigenvalue weighted by Gasteiger charge is 2.22. The number of carbonyl (C=O) groups excluding carboxylic acids is 3. The fourth-order valence-electron chi connectivity index (χ4n) is 2.25. The minimum Gasteiger partial charge on any atom is -0.462 e. The summed E-state index contributed by atoms with van der Waals surface area (Å²) in [6, 6.07) is 6.91. The number of carbonyl (C=O) groups is 3. The van der Waals surface area contributed by atoms with Crippen molar-refractivity contribution in [3.63, 3.8) is 0 Å². The molecule has 0 aliphatic carbocycles. The Bertz CT molecular complexity index is 907. The summed E-state index contributed by atoms with van der Waals surface area (Å²) in [5.41, 5.74) is -0.442. The molecule has 1 N–H and O–H groups in total. The Hall–Kier alpha value is -3.27. The van der Waals surface area contributed by atoms with Crippen molar-refractivity contribution < 1.29 is 28.8 Å². The second-order valence-corrected chi connectivity index (χ2v) is 6.56. The molecule has 10 heteroatoms. The monoisotopic (exact) mass is 406 g/mol. The molecule has 148 valence electrons. The van der Waals surface area contributed by atoms with Gasteiger partial charge in [-0.05, 0) is 25.5 Å². The number of thiophene rings is 1. The summed E-state index contributed by atoms with van der Waals surface area (Å²) in [5, 5.41) is 13.8. The summed E-state index contributed by atoms with van der Waals surface area (Å²) in [6.07, 6.45) is 0.666. The van der Waals surface area contributed by atoms with Gasteiger partial charge >= 0.3 is 11.9 Å². The van der Waals surface area contributed by atoms with Crippen LogP contribution in [0.5, 0.6) is 0 Å². The van der Waals surface area contributed by atoms with Crippen LogP contribution in [-0.2, 0) is 20.7 Å². The van der Waals surface area contributed by atoms with Gasteiger partial charge in [-0.25, -0.2) is 9.59 Å². The van der Waals surface area contributed by atoms with E-state index in [0.29, 0.717) is 11.4 Å². The fourth-order valence-corrected chi connectivity index (χ4v) is 3.25. The van der Waals surface area contributed by atoms with Gasteiger partial charge in [-0.3, -0.25) is 14.9 Å². The van der Waals surface area contributed by atoms with Gasteiger partial charge in [0, 0.05) is 10.9 Å². The van der Waals surface area contributed by atoms with Crippen LogP contribution >= 0.6 is 11.3 Å². The molecule has 1 heterocycles. The van der Waals surface area contributed by atoms with Gasteiger partial charge in [0.25, 0.3) is 11.6 Å². The van der Waals surface area contributed by atoms with Crippen LogP contribution in [-0.4, -0.2) is 36.0 Å². The van der Waals surface area contributed by atoms with E-state index in [-0.39, 0.29) is 17.7 Å². The SMILES string of the molecule is CCOC(=O)c1cc(CC)sc1NC(=O)COC(=O)c1ccccc1[N+](=O)[O-]. The molecule has 2 rings (SSSR count). The zero-order chi connectivity index (χ0) is 20.7. The molecule has 28 heavy (non-hydrogen) atoms. The summed E-state index contributed by atoms with van der Waals surface area (Å²) in [7, 11) is 0. The highest BCUT2D eigenvalue weighted by atomic mass is 32.1. The number of nitro groups is 1. The Morgan fingerprint density at radius 3 is 2.43 bits per heavy atom. The van der Waals surface area contributed by atoms with Crippen LogP contribution in [0, 0.1) is 10.1 Å². The molecule has 0 spiro atoms. The summed E-state index contributed by atoms with van der Waals surface area (Å²) < 4.78 is 9.83. The van der Waals surface area contributed by atoms with Crippen LogP contribution in [0.15, 0.2) is 30.3 Å². The number of anilines is 1. The molecule has 0 aliphatic rings. The Kier molecular flexibility index (Phi) is 7.21. The minimum absolute atomic E-state index is 0.191. The molecule has 0 radical (unpaired) electrons. The van der Waals surface area contributed by atoms with E-state index in [1.54, 1.807) is 13.0 Å². The number of amides is 1. The maximum atomic E-state index is 12.1. The van der Waals surface area contributed by atoms with Crippen LogP contribution in [0.1, 0.15) is 39.4 Å². The number of nitro benzene ring substituents is 1. The average molecular weight is 406 g/mol. The standard InChI is InChI=1S/C18H18N2O7S/c1-3-11-9-13(18(23)26-4-2)16(28-11)19-15(21)10-27-17(22)12-7-5-6-8-14(12)20(24)25/h5-9H,3-4,10H2,1-2H3,(H,19,21). The first kappa shape index (κ1) is 21.0. The molecular formula is C18H18N2O7S. The molecule has 1 aromatic heterocycles. The smallest absolute Gasteiger partial charge is 0.345 e. The van der Waals surface area contributed by atoms with Gasteiger partial charge in [0.15, 0.2) is 6.61 Å². The third-order valence-corrected chi connectivity index (χ3v) is 4.73. The number of ether oxygens (including phenoxy) is 2. The van der Waals surface area contributed by atoms with Crippen LogP contribution in [0.4, 0.5) is 10.7 Å². The second kappa shape index (κ2) is 9.60. The van der Waals surface area contributed by atoms with Crippen LogP contribution in [0.2, 0.25) is 0 Å². The zero-order valence-electron chi connectivity index (χ0n) is 15.2. The molecule has 0 saturated heterocycles. The van der Waals surface area contributed by atoms with Crippen molar-refractivity contribution in [2.45, 2.75) is 20.3 Å². The first-order valence-electron chi connectivity index (χ1n) is 8.37. The van der Waals surface area contributed by atoms with E-state index in [1.807, 2.05) is 6.92 Å². The van der Waals surface area contributed by atoms with E-state index in [4.69, 9.17) is 9.47 Å². The molecular weight excluding hydrogens is 388 g/mol. The van der Waals surface area contributed by atoms with E-state index in [0.717, 1.165) is 4.88 Å². The Balaban J connectivity index is 2.05. The van der Waals surface area contributed by atoms with Crippen molar-refractivity contribution in [2.75, 3.05) is 18.5 Å². The first-order valence-corrected chi connectivity index (χ1v) is 9.19. The number of aryl methyl sites for hydroxylation is 1. The predicted molar refractivity (Wildman–Crippen MR) is 102 cm³/mol. The van der Waals surface area contributed by atoms with E-state index in [9.17, 15) is 24.5 Å². The number of para-hydroxylation sites is 1. The maximum absolute atomic E-state index is 12.1. The Morgan fingerprint density at radius 1 is 1.11 bits per heavy atom. The highest BCUT2D eigenvalue weighted by molar-refractivity contribution is 7.16. The van der Waals surface area contributed by atoms with Crippen molar-refractivity contribution in [1.82, 2.24) is 0 Å². The summed E-state index contributed by atoms with van der Waals surface area (Å²) in [5.74, 6) is -2.24. The lowest BCUT2D eigenvalue weighted by molar-refractivity contribution is -0.385. The summed E-state index contributed by atoms with van der Waals surface area (Å²) in [6.45, 7) is 3.11. The van der Waals surface area contributed by atoms with Crippen molar-refractivity contribution in [3.8, 4) is 0 Å². The molecule has 0 bridgehead atoms. The fraction of sp³-hybridized carbons (Fsp3) is 0.278. The molecule has 9 nitrogen and oxygen atoms in total. The van der Waals surface area contributed by atoms with Gasteiger partial charge in [-0.2, -0.15) is 0 Å². The Labute approximate surface area is 164 Å². The van der Waals surface area contributed by atoms with Crippen molar-refractivity contribution in [2.24, 2.45) is 0 Å². The molecule has 0 fully saturated rings. The molecule has 1 aromatic carbocycles. The summed E-state index contributed by atoms with van der Waals surface area (Å²) >= 11 is 1.22. The van der Waals surface area contributed by atoms with Gasteiger partial charge in [0.1, 0.15) is 10.6 Å². The number of hydrogen-bond acceptors (Lipinski definition) is 8. The van der Waals surface area contributed by atoms with Gasteiger partial charge in [0.2, 0.25) is 0 Å². The summed E-state index contributed by atoms with van der Waals surface area (Å²) in [4.78, 5) is 47.3. The van der Waals surface area contributed by atoms with E-state index in [2.05, 4.69) is 5.32 Å². The number of esters is 2. The highest BCUT2D eigenvalue weighted by Crippen LogP contribution is 2.29. The lowest BCUT2D eigenvalue weighted by Crippen LogP contribution is -2.22. The van der Waals surface area contributed by atoms with Gasteiger partial charge < -0.3 is 14.8 Å². The lowest BCUT2D eigenvalue weighted by atomic mass is 10.2. The normalized spacial score (nSPS) is 10.2. The third-order valence-electron chi connectivity index (χ3n) is 3.53. The number of hydrogen-bond donors (Lipinski definition) is 1. The topological polar surface area (TPSA) is 125 Å². The maximum Gasteiger partial charge on any atom is 0.345 e. The number of nitrogens with one attached hydrogen (secondary N) is 1. The Morgan fingerprint density at radius 2 is 1.79 bits per heavy atom. The minimum atomic E-state index is -0.992. The number of benzene rings is 1. The van der Waals surface area contributed by atoms with Crippen LogP contribution in [0.25, 0.3) is 0 Å². The zero-order valence-corrected chi connectivity index (χ0v) is 16.0. The second-order valence-electron chi connectivity index (χ2n) is 5.43. The quantitative estimate of drug-likeness (QED) is 0.405. The van der Waals surface area contributed by atoms with Crippen molar-refractivity contribution >= 4 is 39.9 Å². The van der Waals surface area contributed by atoms with Gasteiger partial charge in [-0.1, -0.05) is 19.1 Å². The predicted octanol–water partition coefficient (Wildman–Crippen LogP) is 3.19. The molecule has 0 aliphatic heterocycles. The molecule has 2 aromatic rings. The molecule has 1 amide bonds. The largest absolute Gasteiger partial charge is 0.462 e. The number of nitrogens with zero attached hydrogens (tertiary/aromatic N) is 1. The van der Waals surface area contributed by atoms with Gasteiger partial charge in [-0.15, -0.1) is 11.3 Å². The molecule has 0 atom stereocenters. The van der Waals surface area contributed by atoms with E-state index in [1.165, 1.54) is 35.6 Å². The molecule has 0 saturated carbocycles. The van der Waals surface area contributed by atoms with Crippen LogP contribution < -0.4 is 5.32 Å². The average Bonchev–Trinajstić information content (AvgIpc) is 3.09. The number of rotatable bonds is 8. The lowest BCUT2D eigenvalue weighted by Gasteiger charge is -2.07. The van der Waals surface area contributed by atoms with Crippen LogP contribution in [0.3, 0.4) is 0 Å². The van der Waals surface area contributed by atoms with Crippen molar-refractivity contribution in [3.05, 3.63) is 56.5 Å². The first-order chi connectivity index (χ1) is 13.4. The van der Waals surface area contributed by atoms with Gasteiger partial charge in [0.05, 0.1) is 17.1 Å². The van der Waals surface area contributed by atoms with E-state index < -0.39 is 35.1 Å². The van der Waals surface area contributed by atoms with E-state index >= 15 is 0 Å².